The zero-order valence-corrected chi connectivity index (χ0v) is 10.5. The smallest absolute Gasteiger partial charge is 0.399 e. The summed E-state index contributed by atoms with van der Waals surface area (Å²) in [6.45, 7) is 2.92. The lowest BCUT2D eigenvalue weighted by molar-refractivity contribution is -0.138. The van der Waals surface area contributed by atoms with Crippen molar-refractivity contribution in [1.29, 1.82) is 0 Å². The summed E-state index contributed by atoms with van der Waals surface area (Å²) in [5, 5.41) is 0. The molecule has 0 spiro atoms. The van der Waals surface area contributed by atoms with Crippen LogP contribution in [0.25, 0.3) is 0 Å². The van der Waals surface area contributed by atoms with Gasteiger partial charge in [-0.3, -0.25) is 4.90 Å². The third kappa shape index (κ3) is 3.84. The van der Waals surface area contributed by atoms with E-state index in [1.807, 2.05) is 4.90 Å². The molecule has 1 aliphatic heterocycles. The van der Waals surface area contributed by atoms with Gasteiger partial charge in [0.05, 0.1) is 12.2 Å². The highest BCUT2D eigenvalue weighted by molar-refractivity contribution is 5.46. The molecule has 106 valence electrons. The molecule has 1 aromatic rings. The molecule has 0 aliphatic carbocycles. The molecule has 0 amide bonds. The molecule has 2 N–H and O–H groups in total. The lowest BCUT2D eigenvalue weighted by Gasteiger charge is -2.22. The van der Waals surface area contributed by atoms with E-state index in [1.54, 1.807) is 0 Å². The van der Waals surface area contributed by atoms with Gasteiger partial charge in [0.1, 0.15) is 0 Å². The molecule has 1 aliphatic rings. The first-order valence-corrected chi connectivity index (χ1v) is 6.22. The topological polar surface area (TPSA) is 38.5 Å². The van der Waals surface area contributed by atoms with Crippen LogP contribution in [0.2, 0.25) is 0 Å². The summed E-state index contributed by atoms with van der Waals surface area (Å²) in [5.41, 5.74) is 5.21. The molecule has 19 heavy (non-hydrogen) atoms. The molecule has 1 saturated heterocycles. The van der Waals surface area contributed by atoms with E-state index in [-0.39, 0.29) is 17.8 Å². The second-order valence-corrected chi connectivity index (χ2v) is 4.66. The third-order valence-electron chi connectivity index (χ3n) is 3.15. The van der Waals surface area contributed by atoms with Crippen molar-refractivity contribution in [2.24, 2.45) is 0 Å². The number of ether oxygens (including phenoxy) is 1. The van der Waals surface area contributed by atoms with Crippen molar-refractivity contribution in [3.8, 4) is 0 Å². The van der Waals surface area contributed by atoms with Gasteiger partial charge >= 0.3 is 6.18 Å². The fourth-order valence-electron chi connectivity index (χ4n) is 2.19. The molecule has 1 aromatic carbocycles. The Bertz CT molecular complexity index is 426. The van der Waals surface area contributed by atoms with E-state index in [1.165, 1.54) is 12.1 Å². The van der Waals surface area contributed by atoms with Crippen molar-refractivity contribution in [2.45, 2.75) is 19.1 Å². The number of alkyl halides is 3. The van der Waals surface area contributed by atoms with Crippen molar-refractivity contribution >= 4 is 5.69 Å². The zero-order chi connectivity index (χ0) is 13.9. The number of nitrogens with zero attached hydrogens (tertiary/aromatic N) is 1. The summed E-state index contributed by atoms with van der Waals surface area (Å²) in [5.74, 6) is 0. The molecule has 0 unspecified atom stereocenters. The van der Waals surface area contributed by atoms with Crippen LogP contribution in [-0.2, 0) is 17.5 Å². The Morgan fingerprint density at radius 3 is 2.74 bits per heavy atom. The number of hydrogen-bond acceptors (Lipinski definition) is 3. The fraction of sp³-hybridized carbons (Fsp3) is 0.538. The van der Waals surface area contributed by atoms with E-state index >= 15 is 0 Å². The summed E-state index contributed by atoms with van der Waals surface area (Å²) in [6, 6.07) is 3.98. The van der Waals surface area contributed by atoms with E-state index in [2.05, 4.69) is 0 Å². The highest BCUT2D eigenvalue weighted by Crippen LogP contribution is 2.33. The molecule has 0 atom stereocenters. The molecule has 1 fully saturated rings. The first-order valence-electron chi connectivity index (χ1n) is 6.22. The Labute approximate surface area is 110 Å². The van der Waals surface area contributed by atoms with Gasteiger partial charge in [0.15, 0.2) is 0 Å². The summed E-state index contributed by atoms with van der Waals surface area (Å²) < 4.78 is 44.2. The van der Waals surface area contributed by atoms with Crippen LogP contribution in [0.3, 0.4) is 0 Å². The van der Waals surface area contributed by atoms with Crippen molar-refractivity contribution in [3.05, 3.63) is 29.3 Å². The molecule has 1 heterocycles. The summed E-state index contributed by atoms with van der Waals surface area (Å²) >= 11 is 0. The van der Waals surface area contributed by atoms with E-state index in [0.717, 1.165) is 19.0 Å². The van der Waals surface area contributed by atoms with Crippen molar-refractivity contribution < 1.29 is 17.9 Å². The van der Waals surface area contributed by atoms with Crippen LogP contribution < -0.4 is 5.73 Å². The Morgan fingerprint density at radius 1 is 1.21 bits per heavy atom. The number of anilines is 1. The molecular weight excluding hydrogens is 257 g/mol. The van der Waals surface area contributed by atoms with Crippen LogP contribution in [0.4, 0.5) is 18.9 Å². The third-order valence-corrected chi connectivity index (χ3v) is 3.15. The summed E-state index contributed by atoms with van der Waals surface area (Å²) in [6.07, 6.45) is -3.52. The number of halogens is 3. The van der Waals surface area contributed by atoms with Gasteiger partial charge < -0.3 is 10.5 Å². The SMILES string of the molecule is Nc1ccc(CN2CCCOCC2)c(C(F)(F)F)c1. The van der Waals surface area contributed by atoms with Gasteiger partial charge in [-0.1, -0.05) is 6.07 Å². The van der Waals surface area contributed by atoms with E-state index in [9.17, 15) is 13.2 Å². The number of nitrogen functional groups attached to an aromatic ring is 1. The summed E-state index contributed by atoms with van der Waals surface area (Å²) in [7, 11) is 0. The molecular formula is C13H17F3N2O. The van der Waals surface area contributed by atoms with Crippen LogP contribution in [0.1, 0.15) is 17.5 Å². The molecule has 0 saturated carbocycles. The molecule has 6 heteroatoms. The average molecular weight is 274 g/mol. The molecule has 0 bridgehead atoms. The van der Waals surface area contributed by atoms with Gasteiger partial charge in [-0.2, -0.15) is 13.2 Å². The van der Waals surface area contributed by atoms with Gasteiger partial charge in [-0.05, 0) is 24.1 Å². The van der Waals surface area contributed by atoms with E-state index in [4.69, 9.17) is 10.5 Å². The van der Waals surface area contributed by atoms with Crippen LogP contribution in [0.5, 0.6) is 0 Å². The minimum Gasteiger partial charge on any atom is -0.399 e. The van der Waals surface area contributed by atoms with Crippen LogP contribution in [-0.4, -0.2) is 31.2 Å². The maximum atomic E-state index is 13.0. The number of nitrogens with two attached hydrogens (primary N) is 1. The van der Waals surface area contributed by atoms with E-state index in [0.29, 0.717) is 19.8 Å². The zero-order valence-electron chi connectivity index (χ0n) is 10.5. The van der Waals surface area contributed by atoms with Gasteiger partial charge in [0.25, 0.3) is 0 Å². The van der Waals surface area contributed by atoms with E-state index < -0.39 is 11.7 Å². The Hall–Kier alpha value is -1.27. The number of hydrogen-bond donors (Lipinski definition) is 1. The lowest BCUT2D eigenvalue weighted by atomic mass is 10.1. The monoisotopic (exact) mass is 274 g/mol. The predicted octanol–water partition coefficient (Wildman–Crippen LogP) is 2.51. The lowest BCUT2D eigenvalue weighted by Crippen LogP contribution is -2.27. The van der Waals surface area contributed by atoms with Gasteiger partial charge in [0, 0.05) is 31.9 Å². The van der Waals surface area contributed by atoms with Crippen molar-refractivity contribution in [3.63, 3.8) is 0 Å². The normalized spacial score (nSPS) is 18.3. The van der Waals surface area contributed by atoms with Crippen LogP contribution >= 0.6 is 0 Å². The maximum absolute atomic E-state index is 13.0. The minimum atomic E-state index is -4.37. The van der Waals surface area contributed by atoms with Gasteiger partial charge in [0.2, 0.25) is 0 Å². The summed E-state index contributed by atoms with van der Waals surface area (Å²) in [4.78, 5) is 1.98. The van der Waals surface area contributed by atoms with Crippen LogP contribution in [0, 0.1) is 0 Å². The highest BCUT2D eigenvalue weighted by atomic mass is 19.4. The second-order valence-electron chi connectivity index (χ2n) is 4.66. The average Bonchev–Trinajstić information content (AvgIpc) is 2.59. The largest absolute Gasteiger partial charge is 0.416 e. The Morgan fingerprint density at radius 2 is 2.00 bits per heavy atom. The fourth-order valence-corrected chi connectivity index (χ4v) is 2.19. The highest BCUT2D eigenvalue weighted by Gasteiger charge is 2.33. The predicted molar refractivity (Wildman–Crippen MR) is 66.6 cm³/mol. The number of benzene rings is 1. The molecule has 3 nitrogen and oxygen atoms in total. The van der Waals surface area contributed by atoms with Crippen molar-refractivity contribution in [1.82, 2.24) is 4.90 Å². The van der Waals surface area contributed by atoms with Crippen LogP contribution in [0.15, 0.2) is 18.2 Å². The Balaban J connectivity index is 2.19. The van der Waals surface area contributed by atoms with Gasteiger partial charge in [-0.15, -0.1) is 0 Å². The second kappa shape index (κ2) is 5.79. The van der Waals surface area contributed by atoms with Gasteiger partial charge in [-0.25, -0.2) is 0 Å². The molecule has 2 rings (SSSR count). The quantitative estimate of drug-likeness (QED) is 0.842. The molecule has 0 radical (unpaired) electrons. The molecule has 0 aromatic heterocycles. The first-order chi connectivity index (χ1) is 8.97. The standard InChI is InChI=1S/C13H17F3N2O/c14-13(15,16)12-8-11(17)3-2-10(12)9-18-4-1-6-19-7-5-18/h2-3,8H,1,4-7,9,17H2. The Kier molecular flexibility index (Phi) is 4.31. The maximum Gasteiger partial charge on any atom is 0.416 e. The first kappa shape index (κ1) is 14.1. The van der Waals surface area contributed by atoms with Crippen molar-refractivity contribution in [2.75, 3.05) is 32.0 Å². The minimum absolute atomic E-state index is 0.135. The number of rotatable bonds is 2.